The van der Waals surface area contributed by atoms with E-state index in [2.05, 4.69) is 18.8 Å². The van der Waals surface area contributed by atoms with Crippen LogP contribution in [0, 0.1) is 5.92 Å². The van der Waals surface area contributed by atoms with Gasteiger partial charge < -0.3 is 14.8 Å². The Morgan fingerprint density at radius 3 is 3.00 bits per heavy atom. The lowest BCUT2D eigenvalue weighted by Gasteiger charge is -2.22. The van der Waals surface area contributed by atoms with Gasteiger partial charge >= 0.3 is 0 Å². The maximum Gasteiger partial charge on any atom is 0.0672 e. The van der Waals surface area contributed by atoms with Crippen LogP contribution in [-0.2, 0) is 9.47 Å². The molecule has 0 radical (unpaired) electrons. The molecule has 2 unspecified atom stereocenters. The van der Waals surface area contributed by atoms with Crippen LogP contribution in [0.3, 0.4) is 0 Å². The average Bonchev–Trinajstić information content (AvgIpc) is 2.76. The van der Waals surface area contributed by atoms with E-state index in [1.165, 1.54) is 6.42 Å². The first-order valence-electron chi connectivity index (χ1n) is 6.27. The van der Waals surface area contributed by atoms with Gasteiger partial charge in [-0.05, 0) is 25.7 Å². The standard InChI is InChI=1S/C13H25NO2/c1-4-13(12-5-7-15-10-12)14-6-8-16-9-11(2)3/h12-14H,2,4-10H2,1,3H3. The van der Waals surface area contributed by atoms with Crippen LogP contribution in [-0.4, -0.2) is 39.0 Å². The van der Waals surface area contributed by atoms with Crippen LogP contribution >= 0.6 is 0 Å². The van der Waals surface area contributed by atoms with Crippen LogP contribution in [0.4, 0.5) is 0 Å². The summed E-state index contributed by atoms with van der Waals surface area (Å²) < 4.78 is 10.9. The van der Waals surface area contributed by atoms with Crippen molar-refractivity contribution in [3.8, 4) is 0 Å². The maximum absolute atomic E-state index is 5.46. The summed E-state index contributed by atoms with van der Waals surface area (Å²) in [4.78, 5) is 0. The molecule has 1 N–H and O–H groups in total. The van der Waals surface area contributed by atoms with Crippen LogP contribution in [0.1, 0.15) is 26.7 Å². The van der Waals surface area contributed by atoms with Gasteiger partial charge in [-0.1, -0.05) is 19.1 Å². The fraction of sp³-hybridized carbons (Fsp3) is 0.846. The summed E-state index contributed by atoms with van der Waals surface area (Å²) in [6, 6.07) is 0.580. The molecule has 0 aromatic carbocycles. The zero-order chi connectivity index (χ0) is 11.8. The first-order valence-corrected chi connectivity index (χ1v) is 6.27. The van der Waals surface area contributed by atoms with Crippen LogP contribution in [0.15, 0.2) is 12.2 Å². The molecule has 1 saturated heterocycles. The normalized spacial score (nSPS) is 22.2. The van der Waals surface area contributed by atoms with Gasteiger partial charge in [0.05, 0.1) is 19.8 Å². The molecule has 1 fully saturated rings. The zero-order valence-electron chi connectivity index (χ0n) is 10.6. The van der Waals surface area contributed by atoms with Crippen molar-refractivity contribution in [3.05, 3.63) is 12.2 Å². The van der Waals surface area contributed by atoms with Gasteiger partial charge in [-0.15, -0.1) is 0 Å². The Morgan fingerprint density at radius 2 is 2.44 bits per heavy atom. The third-order valence-corrected chi connectivity index (χ3v) is 2.98. The van der Waals surface area contributed by atoms with Crippen molar-refractivity contribution in [3.63, 3.8) is 0 Å². The number of hydrogen-bond acceptors (Lipinski definition) is 3. The van der Waals surface area contributed by atoms with Crippen molar-refractivity contribution in [2.45, 2.75) is 32.7 Å². The van der Waals surface area contributed by atoms with Crippen molar-refractivity contribution in [2.75, 3.05) is 33.0 Å². The van der Waals surface area contributed by atoms with Crippen molar-refractivity contribution in [2.24, 2.45) is 5.92 Å². The van der Waals surface area contributed by atoms with E-state index in [0.717, 1.165) is 38.4 Å². The number of nitrogens with one attached hydrogen (secondary N) is 1. The highest BCUT2D eigenvalue weighted by molar-refractivity contribution is 4.87. The maximum atomic E-state index is 5.46. The topological polar surface area (TPSA) is 30.5 Å². The van der Waals surface area contributed by atoms with Gasteiger partial charge in [-0.3, -0.25) is 0 Å². The molecule has 3 heteroatoms. The molecular weight excluding hydrogens is 202 g/mol. The van der Waals surface area contributed by atoms with Gasteiger partial charge in [-0.25, -0.2) is 0 Å². The molecule has 0 aliphatic carbocycles. The molecule has 0 bridgehead atoms. The SMILES string of the molecule is C=C(C)COCCNC(CC)C1CCOC1. The van der Waals surface area contributed by atoms with E-state index >= 15 is 0 Å². The molecule has 0 spiro atoms. The van der Waals surface area contributed by atoms with E-state index < -0.39 is 0 Å². The molecule has 16 heavy (non-hydrogen) atoms. The highest BCUT2D eigenvalue weighted by Crippen LogP contribution is 2.18. The summed E-state index contributed by atoms with van der Waals surface area (Å²) in [5.41, 5.74) is 1.08. The molecule has 0 amide bonds. The molecule has 3 nitrogen and oxygen atoms in total. The molecule has 0 aromatic heterocycles. The molecule has 1 rings (SSSR count). The number of ether oxygens (including phenoxy) is 2. The third-order valence-electron chi connectivity index (χ3n) is 2.98. The van der Waals surface area contributed by atoms with E-state index in [-0.39, 0.29) is 0 Å². The Kier molecular flexibility index (Phi) is 6.69. The van der Waals surface area contributed by atoms with Crippen LogP contribution in [0.5, 0.6) is 0 Å². The average molecular weight is 227 g/mol. The summed E-state index contributed by atoms with van der Waals surface area (Å²) in [6.45, 7) is 12.2. The monoisotopic (exact) mass is 227 g/mol. The Morgan fingerprint density at radius 1 is 1.62 bits per heavy atom. The largest absolute Gasteiger partial charge is 0.381 e. The van der Waals surface area contributed by atoms with Crippen molar-refractivity contribution < 1.29 is 9.47 Å². The Balaban J connectivity index is 2.06. The number of hydrogen-bond donors (Lipinski definition) is 1. The fourth-order valence-corrected chi connectivity index (χ4v) is 2.08. The quantitative estimate of drug-likeness (QED) is 0.508. The van der Waals surface area contributed by atoms with Crippen LogP contribution in [0.25, 0.3) is 0 Å². The van der Waals surface area contributed by atoms with Gasteiger partial charge in [0.25, 0.3) is 0 Å². The second kappa shape index (κ2) is 7.82. The van der Waals surface area contributed by atoms with Gasteiger partial charge in [-0.2, -0.15) is 0 Å². The van der Waals surface area contributed by atoms with Gasteiger partial charge in [0, 0.05) is 19.2 Å². The minimum Gasteiger partial charge on any atom is -0.381 e. The third kappa shape index (κ3) is 5.10. The molecule has 0 saturated carbocycles. The summed E-state index contributed by atoms with van der Waals surface area (Å²) in [7, 11) is 0. The molecule has 1 aliphatic rings. The van der Waals surface area contributed by atoms with Crippen molar-refractivity contribution >= 4 is 0 Å². The molecule has 2 atom stereocenters. The highest BCUT2D eigenvalue weighted by Gasteiger charge is 2.23. The van der Waals surface area contributed by atoms with E-state index in [0.29, 0.717) is 18.6 Å². The molecule has 1 heterocycles. The smallest absolute Gasteiger partial charge is 0.0672 e. The van der Waals surface area contributed by atoms with Crippen LogP contribution in [0.2, 0.25) is 0 Å². The molecular formula is C13H25NO2. The molecule has 1 aliphatic heterocycles. The predicted octanol–water partition coefficient (Wildman–Crippen LogP) is 1.98. The van der Waals surface area contributed by atoms with Crippen molar-refractivity contribution in [1.82, 2.24) is 5.32 Å². The minimum absolute atomic E-state index is 0.580. The second-order valence-corrected chi connectivity index (χ2v) is 4.60. The summed E-state index contributed by atoms with van der Waals surface area (Å²) in [5, 5.41) is 3.55. The Labute approximate surface area is 99.2 Å². The Bertz CT molecular complexity index is 200. The number of rotatable bonds is 8. The van der Waals surface area contributed by atoms with E-state index in [1.54, 1.807) is 0 Å². The molecule has 94 valence electrons. The zero-order valence-corrected chi connectivity index (χ0v) is 10.6. The Hall–Kier alpha value is -0.380. The van der Waals surface area contributed by atoms with Gasteiger partial charge in [0.1, 0.15) is 0 Å². The minimum atomic E-state index is 0.580. The predicted molar refractivity (Wildman–Crippen MR) is 66.6 cm³/mol. The summed E-state index contributed by atoms with van der Waals surface area (Å²) >= 11 is 0. The summed E-state index contributed by atoms with van der Waals surface area (Å²) in [5.74, 6) is 0.686. The lowest BCUT2D eigenvalue weighted by molar-refractivity contribution is 0.147. The van der Waals surface area contributed by atoms with Gasteiger partial charge in [0.2, 0.25) is 0 Å². The van der Waals surface area contributed by atoms with E-state index in [1.807, 2.05) is 6.92 Å². The fourth-order valence-electron chi connectivity index (χ4n) is 2.08. The first kappa shape index (κ1) is 13.7. The van der Waals surface area contributed by atoms with Gasteiger partial charge in [0.15, 0.2) is 0 Å². The summed E-state index contributed by atoms with van der Waals surface area (Å²) in [6.07, 6.45) is 2.35. The van der Waals surface area contributed by atoms with Crippen molar-refractivity contribution in [1.29, 1.82) is 0 Å². The highest BCUT2D eigenvalue weighted by atomic mass is 16.5. The second-order valence-electron chi connectivity index (χ2n) is 4.60. The lowest BCUT2D eigenvalue weighted by atomic mass is 9.97. The van der Waals surface area contributed by atoms with E-state index in [9.17, 15) is 0 Å². The van der Waals surface area contributed by atoms with E-state index in [4.69, 9.17) is 9.47 Å². The molecule has 0 aromatic rings. The van der Waals surface area contributed by atoms with Crippen LogP contribution < -0.4 is 5.32 Å². The first-order chi connectivity index (χ1) is 7.74. The lowest BCUT2D eigenvalue weighted by Crippen LogP contribution is -2.38.